The van der Waals surface area contributed by atoms with Gasteiger partial charge in [-0.3, -0.25) is 9.59 Å². The lowest BCUT2D eigenvalue weighted by Crippen LogP contribution is -2.15. The fourth-order valence-corrected chi connectivity index (χ4v) is 3.63. The van der Waals surface area contributed by atoms with E-state index in [1.54, 1.807) is 61.7 Å². The first-order valence-corrected chi connectivity index (χ1v) is 10.3. The summed E-state index contributed by atoms with van der Waals surface area (Å²) in [5, 5.41) is 3.12. The Labute approximate surface area is 195 Å². The Morgan fingerprint density at radius 3 is 2.09 bits per heavy atom. The van der Waals surface area contributed by atoms with E-state index in [2.05, 4.69) is 5.32 Å². The van der Waals surface area contributed by atoms with Gasteiger partial charge < -0.3 is 28.7 Å². The van der Waals surface area contributed by atoms with Crippen LogP contribution in [0.2, 0.25) is 0 Å². The molecular formula is C26H23NO7. The molecule has 1 heterocycles. The lowest BCUT2D eigenvalue weighted by atomic mass is 10.1. The molecule has 0 spiro atoms. The van der Waals surface area contributed by atoms with E-state index in [0.717, 1.165) is 0 Å². The highest BCUT2D eigenvalue weighted by Crippen LogP contribution is 2.33. The quantitative estimate of drug-likeness (QED) is 0.424. The smallest absolute Gasteiger partial charge is 0.263 e. The molecule has 0 radical (unpaired) electrons. The van der Waals surface area contributed by atoms with Crippen molar-refractivity contribution in [3.63, 3.8) is 0 Å². The minimum Gasteiger partial charge on any atom is -0.496 e. The van der Waals surface area contributed by atoms with E-state index < -0.39 is 5.91 Å². The van der Waals surface area contributed by atoms with Crippen molar-refractivity contribution < 1.29 is 28.2 Å². The fourth-order valence-electron chi connectivity index (χ4n) is 3.63. The van der Waals surface area contributed by atoms with Gasteiger partial charge in [0.15, 0.2) is 16.9 Å². The zero-order chi connectivity index (χ0) is 24.2. The number of rotatable bonds is 7. The number of hydrogen-bond donors (Lipinski definition) is 1. The summed E-state index contributed by atoms with van der Waals surface area (Å²) >= 11 is 0. The summed E-state index contributed by atoms with van der Waals surface area (Å²) in [4.78, 5) is 25.8. The second-order valence-electron chi connectivity index (χ2n) is 7.25. The third-order valence-electron chi connectivity index (χ3n) is 5.31. The minimum absolute atomic E-state index is 0.253. The summed E-state index contributed by atoms with van der Waals surface area (Å²) < 4.78 is 27.2. The minimum atomic E-state index is -0.431. The summed E-state index contributed by atoms with van der Waals surface area (Å²) in [5.74, 6) is 1.79. The Bertz CT molecular complexity index is 1400. The van der Waals surface area contributed by atoms with Gasteiger partial charge in [0.25, 0.3) is 5.91 Å². The normalized spacial score (nSPS) is 10.6. The van der Waals surface area contributed by atoms with E-state index in [-0.39, 0.29) is 11.0 Å². The third kappa shape index (κ3) is 4.25. The average molecular weight is 461 g/mol. The molecule has 0 atom stereocenters. The average Bonchev–Trinajstić information content (AvgIpc) is 2.87. The van der Waals surface area contributed by atoms with Gasteiger partial charge in [-0.1, -0.05) is 6.07 Å². The summed E-state index contributed by atoms with van der Waals surface area (Å²) in [7, 11) is 6.04. The summed E-state index contributed by atoms with van der Waals surface area (Å²) in [6, 6.07) is 16.6. The van der Waals surface area contributed by atoms with Gasteiger partial charge in [0.05, 0.1) is 33.8 Å². The molecule has 1 N–H and O–H groups in total. The van der Waals surface area contributed by atoms with Crippen molar-refractivity contribution in [2.24, 2.45) is 0 Å². The highest BCUT2D eigenvalue weighted by molar-refractivity contribution is 6.08. The zero-order valence-electron chi connectivity index (χ0n) is 19.1. The van der Waals surface area contributed by atoms with Crippen LogP contribution in [-0.4, -0.2) is 34.3 Å². The molecule has 1 amide bonds. The van der Waals surface area contributed by atoms with E-state index >= 15 is 0 Å². The number of carbonyl (C=O) groups excluding carboxylic acids is 1. The van der Waals surface area contributed by atoms with Gasteiger partial charge in [-0.05, 0) is 48.5 Å². The van der Waals surface area contributed by atoms with Crippen LogP contribution in [0.1, 0.15) is 10.4 Å². The Balaban J connectivity index is 1.68. The van der Waals surface area contributed by atoms with Crippen LogP contribution in [0, 0.1) is 0 Å². The van der Waals surface area contributed by atoms with Gasteiger partial charge in [-0.25, -0.2) is 0 Å². The van der Waals surface area contributed by atoms with Crippen LogP contribution in [0.4, 0.5) is 5.69 Å². The summed E-state index contributed by atoms with van der Waals surface area (Å²) in [5.41, 5.74) is 1.47. The van der Waals surface area contributed by atoms with Gasteiger partial charge in [-0.15, -0.1) is 0 Å². The Morgan fingerprint density at radius 1 is 0.765 bits per heavy atom. The van der Waals surface area contributed by atoms with Gasteiger partial charge in [-0.2, -0.15) is 0 Å². The molecule has 8 nitrogen and oxygen atoms in total. The van der Waals surface area contributed by atoms with Crippen LogP contribution in [0.5, 0.6) is 23.0 Å². The second-order valence-corrected chi connectivity index (χ2v) is 7.25. The van der Waals surface area contributed by atoms with Crippen molar-refractivity contribution in [1.29, 1.82) is 0 Å². The van der Waals surface area contributed by atoms with Gasteiger partial charge >= 0.3 is 0 Å². The molecule has 0 aliphatic carbocycles. The number of benzene rings is 3. The van der Waals surface area contributed by atoms with Gasteiger partial charge in [0.1, 0.15) is 28.4 Å². The number of nitrogens with one attached hydrogen (secondary N) is 1. The van der Waals surface area contributed by atoms with E-state index in [9.17, 15) is 9.59 Å². The van der Waals surface area contributed by atoms with Crippen LogP contribution in [0.25, 0.3) is 22.3 Å². The van der Waals surface area contributed by atoms with E-state index in [0.29, 0.717) is 51.0 Å². The van der Waals surface area contributed by atoms with Crippen molar-refractivity contribution in [2.75, 3.05) is 33.8 Å². The Morgan fingerprint density at radius 2 is 1.44 bits per heavy atom. The first-order valence-electron chi connectivity index (χ1n) is 10.3. The fraction of sp³-hybridized carbons (Fsp3) is 0.154. The van der Waals surface area contributed by atoms with Crippen LogP contribution in [0.15, 0.2) is 69.9 Å². The second kappa shape index (κ2) is 9.58. The molecule has 0 aliphatic rings. The van der Waals surface area contributed by atoms with E-state index in [1.807, 2.05) is 0 Å². The molecule has 0 unspecified atom stereocenters. The van der Waals surface area contributed by atoms with E-state index in [4.69, 9.17) is 23.4 Å². The van der Waals surface area contributed by atoms with Crippen molar-refractivity contribution in [3.05, 3.63) is 76.5 Å². The number of hydrogen-bond acceptors (Lipinski definition) is 7. The molecule has 0 saturated heterocycles. The maximum absolute atomic E-state index is 13.0. The number of methoxy groups -OCH3 is 4. The van der Waals surface area contributed by atoms with Crippen LogP contribution < -0.4 is 29.7 Å². The SMILES string of the molecule is COc1ccc(-c2cc(=O)c3cc(NC(=O)c4c(OC)cccc4OC)ccc3o2)cc1OC. The molecule has 174 valence electrons. The van der Waals surface area contributed by atoms with Crippen LogP contribution >= 0.6 is 0 Å². The standard InChI is InChI=1S/C26H23NO7/c1-30-20-10-8-15(12-24(20)33-4)23-14-18(28)17-13-16(9-11-19(17)34-23)27-26(29)25-21(31-2)6-5-7-22(25)32-3/h5-14H,1-4H3,(H,27,29). The molecule has 0 bridgehead atoms. The number of anilines is 1. The van der Waals surface area contributed by atoms with Crippen molar-refractivity contribution >= 4 is 22.6 Å². The van der Waals surface area contributed by atoms with Crippen LogP contribution in [-0.2, 0) is 0 Å². The first-order chi connectivity index (χ1) is 16.5. The first kappa shape index (κ1) is 22.7. The van der Waals surface area contributed by atoms with E-state index in [1.165, 1.54) is 27.4 Å². The number of carbonyl (C=O) groups is 1. The molecule has 8 heteroatoms. The van der Waals surface area contributed by atoms with Crippen LogP contribution in [0.3, 0.4) is 0 Å². The third-order valence-corrected chi connectivity index (χ3v) is 5.31. The molecule has 0 aliphatic heterocycles. The van der Waals surface area contributed by atoms with Gasteiger partial charge in [0.2, 0.25) is 0 Å². The maximum Gasteiger partial charge on any atom is 0.263 e. The van der Waals surface area contributed by atoms with Crippen molar-refractivity contribution in [2.45, 2.75) is 0 Å². The van der Waals surface area contributed by atoms with Gasteiger partial charge in [0, 0.05) is 17.3 Å². The molecule has 0 saturated carbocycles. The molecular weight excluding hydrogens is 438 g/mol. The number of fused-ring (bicyclic) bond motifs is 1. The molecule has 3 aromatic carbocycles. The topological polar surface area (TPSA) is 96.2 Å². The lowest BCUT2D eigenvalue weighted by molar-refractivity contribution is 0.102. The monoisotopic (exact) mass is 461 g/mol. The Hall–Kier alpha value is -4.46. The molecule has 34 heavy (non-hydrogen) atoms. The molecule has 0 fully saturated rings. The number of ether oxygens (including phenoxy) is 4. The van der Waals surface area contributed by atoms with Crippen molar-refractivity contribution in [1.82, 2.24) is 0 Å². The highest BCUT2D eigenvalue weighted by atomic mass is 16.5. The summed E-state index contributed by atoms with van der Waals surface area (Å²) in [6.07, 6.45) is 0. The molecule has 4 aromatic rings. The lowest BCUT2D eigenvalue weighted by Gasteiger charge is -2.13. The number of amides is 1. The maximum atomic E-state index is 13.0. The molecule has 1 aromatic heterocycles. The van der Waals surface area contributed by atoms with Crippen molar-refractivity contribution in [3.8, 4) is 34.3 Å². The summed E-state index contributed by atoms with van der Waals surface area (Å²) in [6.45, 7) is 0. The Kier molecular flexibility index (Phi) is 6.40. The predicted octanol–water partition coefficient (Wildman–Crippen LogP) is 4.75. The predicted molar refractivity (Wildman–Crippen MR) is 129 cm³/mol. The zero-order valence-corrected chi connectivity index (χ0v) is 19.1. The highest BCUT2D eigenvalue weighted by Gasteiger charge is 2.19. The largest absolute Gasteiger partial charge is 0.496 e. The molecule has 4 rings (SSSR count).